The lowest BCUT2D eigenvalue weighted by molar-refractivity contribution is -0.114. The Morgan fingerprint density at radius 3 is 2.74 bits per heavy atom. The van der Waals surface area contributed by atoms with E-state index in [-0.39, 0.29) is 21.2 Å². The highest BCUT2D eigenvalue weighted by molar-refractivity contribution is 7.94. The molecule has 9 nitrogen and oxygen atoms in total. The van der Waals surface area contributed by atoms with Crippen molar-refractivity contribution in [3.63, 3.8) is 0 Å². The number of rotatable bonds is 4. The molecule has 2 heterocycles. The average molecular weight is 302 g/mol. The van der Waals surface area contributed by atoms with Gasteiger partial charge in [-0.25, -0.2) is 0 Å². The Hall–Kier alpha value is -2.01. The van der Waals surface area contributed by atoms with Crippen molar-refractivity contribution in [1.29, 1.82) is 0 Å². The van der Waals surface area contributed by atoms with Crippen LogP contribution in [0.2, 0.25) is 0 Å². The normalized spacial score (nSPS) is 11.3. The first-order valence-electron chi connectivity index (χ1n) is 5.02. The third kappa shape index (κ3) is 3.06. The zero-order chi connectivity index (χ0) is 14.0. The fourth-order valence-corrected chi connectivity index (χ4v) is 3.18. The van der Waals surface area contributed by atoms with Crippen LogP contribution in [0.5, 0.6) is 0 Å². The van der Waals surface area contributed by atoms with E-state index in [2.05, 4.69) is 30.4 Å². The van der Waals surface area contributed by atoms with Gasteiger partial charge in [-0.2, -0.15) is 13.5 Å². The number of nitrogens with one attached hydrogen (secondary N) is 3. The number of hydrogen-bond donors (Lipinski definition) is 3. The number of carbonyl (C=O) groups is 1. The molecule has 11 heteroatoms. The number of carbonyl (C=O) groups excluding carboxylic acids is 1. The standard InChI is InChI=1S/C8H10N6O3S2/c1-4-3-9-11-6(4)14-19(16,17)8-13-12-7(18-8)10-5(2)15/h3H,1-2H3,(H2,9,11,14)(H,10,12,15). The quantitative estimate of drug-likeness (QED) is 0.698. The zero-order valence-corrected chi connectivity index (χ0v) is 11.6. The first-order valence-corrected chi connectivity index (χ1v) is 7.32. The van der Waals surface area contributed by atoms with Gasteiger partial charge < -0.3 is 5.32 Å². The molecule has 0 aliphatic rings. The first-order chi connectivity index (χ1) is 8.88. The molecule has 2 aromatic heterocycles. The van der Waals surface area contributed by atoms with Gasteiger partial charge in [0.25, 0.3) is 14.4 Å². The number of nitrogens with zero attached hydrogens (tertiary/aromatic N) is 3. The lowest BCUT2D eigenvalue weighted by atomic mass is 10.4. The summed E-state index contributed by atoms with van der Waals surface area (Å²) in [4.78, 5) is 10.8. The third-order valence-electron chi connectivity index (χ3n) is 1.98. The van der Waals surface area contributed by atoms with Gasteiger partial charge in [-0.05, 0) is 6.92 Å². The number of hydrogen-bond acceptors (Lipinski definition) is 7. The number of sulfonamides is 1. The fourth-order valence-electron chi connectivity index (χ4n) is 1.15. The third-order valence-corrected chi connectivity index (χ3v) is 4.54. The number of aromatic amines is 1. The highest BCUT2D eigenvalue weighted by Gasteiger charge is 2.22. The minimum absolute atomic E-state index is 0.120. The van der Waals surface area contributed by atoms with Crippen LogP contribution in [0.3, 0.4) is 0 Å². The molecule has 0 atom stereocenters. The second-order valence-electron chi connectivity index (χ2n) is 3.59. The van der Waals surface area contributed by atoms with Gasteiger partial charge in [-0.1, -0.05) is 11.3 Å². The van der Waals surface area contributed by atoms with E-state index < -0.39 is 10.0 Å². The van der Waals surface area contributed by atoms with Crippen LogP contribution in [0.1, 0.15) is 12.5 Å². The smallest absolute Gasteiger partial charge is 0.292 e. The van der Waals surface area contributed by atoms with Gasteiger partial charge in [0.15, 0.2) is 0 Å². The van der Waals surface area contributed by atoms with Gasteiger partial charge in [-0.15, -0.1) is 10.2 Å². The molecular formula is C8H10N6O3S2. The van der Waals surface area contributed by atoms with Gasteiger partial charge >= 0.3 is 0 Å². The number of anilines is 2. The Morgan fingerprint density at radius 1 is 1.42 bits per heavy atom. The summed E-state index contributed by atoms with van der Waals surface area (Å²) < 4.78 is 26.0. The van der Waals surface area contributed by atoms with Gasteiger partial charge in [-0.3, -0.25) is 14.6 Å². The topological polar surface area (TPSA) is 130 Å². The summed E-state index contributed by atoms with van der Waals surface area (Å²) >= 11 is 0.757. The van der Waals surface area contributed by atoms with E-state index in [0.717, 1.165) is 11.3 Å². The highest BCUT2D eigenvalue weighted by atomic mass is 32.2. The monoisotopic (exact) mass is 302 g/mol. The molecule has 1 amide bonds. The Kier molecular flexibility index (Phi) is 3.48. The highest BCUT2D eigenvalue weighted by Crippen LogP contribution is 2.22. The Morgan fingerprint density at radius 2 is 2.16 bits per heavy atom. The minimum Gasteiger partial charge on any atom is -0.301 e. The fraction of sp³-hybridized carbons (Fsp3) is 0.250. The lowest BCUT2D eigenvalue weighted by Gasteiger charge is -2.02. The van der Waals surface area contributed by atoms with Crippen molar-refractivity contribution in [2.75, 3.05) is 10.0 Å². The van der Waals surface area contributed by atoms with E-state index in [4.69, 9.17) is 0 Å². The molecule has 0 fully saturated rings. The van der Waals surface area contributed by atoms with Crippen molar-refractivity contribution in [3.8, 4) is 0 Å². The molecule has 0 bridgehead atoms. The first kappa shape index (κ1) is 13.4. The van der Waals surface area contributed by atoms with Crippen LogP contribution >= 0.6 is 11.3 Å². The van der Waals surface area contributed by atoms with Crippen molar-refractivity contribution in [2.24, 2.45) is 0 Å². The predicted molar refractivity (Wildman–Crippen MR) is 68.3 cm³/mol. The van der Waals surface area contributed by atoms with Gasteiger partial charge in [0, 0.05) is 12.5 Å². The lowest BCUT2D eigenvalue weighted by Crippen LogP contribution is -2.13. The SMILES string of the molecule is CC(=O)Nc1nnc(S(=O)(=O)Nc2[nH]ncc2C)s1. The Bertz CT molecular complexity index is 704. The molecule has 0 aliphatic heterocycles. The summed E-state index contributed by atoms with van der Waals surface area (Å²) in [5.74, 6) is -0.0891. The van der Waals surface area contributed by atoms with E-state index in [1.807, 2.05) is 0 Å². The summed E-state index contributed by atoms with van der Waals surface area (Å²) in [6, 6.07) is 0. The van der Waals surface area contributed by atoms with Crippen molar-refractivity contribution < 1.29 is 13.2 Å². The molecule has 0 radical (unpaired) electrons. The molecule has 19 heavy (non-hydrogen) atoms. The number of aryl methyl sites for hydroxylation is 1. The van der Waals surface area contributed by atoms with Crippen molar-refractivity contribution in [2.45, 2.75) is 18.2 Å². The molecule has 0 unspecified atom stereocenters. The molecular weight excluding hydrogens is 292 g/mol. The van der Waals surface area contributed by atoms with Crippen molar-refractivity contribution >= 4 is 38.2 Å². The summed E-state index contributed by atoms with van der Waals surface area (Å²) in [7, 11) is -3.85. The molecule has 0 saturated heterocycles. The molecule has 0 aliphatic carbocycles. The molecule has 2 rings (SSSR count). The van der Waals surface area contributed by atoms with Crippen LogP contribution in [0.15, 0.2) is 10.5 Å². The van der Waals surface area contributed by atoms with Crippen molar-refractivity contribution in [1.82, 2.24) is 20.4 Å². The van der Waals surface area contributed by atoms with Crippen LogP contribution < -0.4 is 10.0 Å². The van der Waals surface area contributed by atoms with E-state index in [0.29, 0.717) is 5.56 Å². The average Bonchev–Trinajstić information content (AvgIpc) is 2.88. The van der Waals surface area contributed by atoms with Crippen LogP contribution in [0.25, 0.3) is 0 Å². The van der Waals surface area contributed by atoms with Gasteiger partial charge in [0.2, 0.25) is 11.0 Å². The van der Waals surface area contributed by atoms with E-state index in [1.54, 1.807) is 6.92 Å². The van der Waals surface area contributed by atoms with Crippen LogP contribution in [-0.4, -0.2) is 34.7 Å². The van der Waals surface area contributed by atoms with E-state index in [9.17, 15) is 13.2 Å². The minimum atomic E-state index is -3.85. The maximum atomic E-state index is 12.0. The van der Waals surface area contributed by atoms with Gasteiger partial charge in [0.1, 0.15) is 5.82 Å². The zero-order valence-electron chi connectivity index (χ0n) is 9.96. The van der Waals surface area contributed by atoms with Gasteiger partial charge in [0.05, 0.1) is 6.20 Å². The predicted octanol–water partition coefficient (Wildman–Crippen LogP) is 0.329. The van der Waals surface area contributed by atoms with Crippen LogP contribution in [-0.2, 0) is 14.8 Å². The van der Waals surface area contributed by atoms with Crippen LogP contribution in [0, 0.1) is 6.92 Å². The van der Waals surface area contributed by atoms with Crippen LogP contribution in [0.4, 0.5) is 10.9 Å². The number of aromatic nitrogens is 4. The maximum Gasteiger partial charge on any atom is 0.292 e. The largest absolute Gasteiger partial charge is 0.301 e. The van der Waals surface area contributed by atoms with Crippen molar-refractivity contribution in [3.05, 3.63) is 11.8 Å². The summed E-state index contributed by atoms with van der Waals surface area (Å²) in [6.45, 7) is 2.99. The molecule has 0 spiro atoms. The summed E-state index contributed by atoms with van der Waals surface area (Å²) in [6.07, 6.45) is 1.49. The Labute approximate surface area is 112 Å². The maximum absolute atomic E-state index is 12.0. The molecule has 2 aromatic rings. The molecule has 0 saturated carbocycles. The molecule has 0 aromatic carbocycles. The second kappa shape index (κ2) is 4.93. The molecule has 3 N–H and O–H groups in total. The number of H-pyrrole nitrogens is 1. The Balaban J connectivity index is 2.22. The van der Waals surface area contributed by atoms with E-state index >= 15 is 0 Å². The molecule has 102 valence electrons. The number of amides is 1. The summed E-state index contributed by atoms with van der Waals surface area (Å²) in [5.41, 5.74) is 0.648. The van der Waals surface area contributed by atoms with E-state index in [1.165, 1.54) is 13.1 Å². The second-order valence-corrected chi connectivity index (χ2v) is 6.42. The summed E-state index contributed by atoms with van der Waals surface area (Å²) in [5, 5.41) is 15.8.